The molecule has 6 heteroatoms. The number of carbonyl (C=O) groups excluding carboxylic acids is 1. The van der Waals surface area contributed by atoms with Gasteiger partial charge in [0, 0.05) is 9.83 Å². The van der Waals surface area contributed by atoms with Gasteiger partial charge in [-0.25, -0.2) is 8.42 Å². The first-order valence-electron chi connectivity index (χ1n) is 6.64. The molecule has 4 nitrogen and oxygen atoms in total. The van der Waals surface area contributed by atoms with E-state index in [2.05, 4.69) is 27.9 Å². The summed E-state index contributed by atoms with van der Waals surface area (Å²) in [5.41, 5.74) is 1.48. The lowest BCUT2D eigenvalue weighted by atomic mass is 10.1. The summed E-state index contributed by atoms with van der Waals surface area (Å²) in [5.74, 6) is -0.148. The fourth-order valence-electron chi connectivity index (χ4n) is 2.01. The standard InChI is InChI=1S/C16H16INO3S/c1-11(12-7-9-13(10-8-12)22(2,20)21)18-16(19)14-5-3-4-6-15(14)17/h3-11H,1-2H3,(H,18,19)/t11-/m0/s1. The van der Waals surface area contributed by atoms with E-state index in [1.807, 2.05) is 25.1 Å². The van der Waals surface area contributed by atoms with Crippen molar-refractivity contribution in [1.29, 1.82) is 0 Å². The van der Waals surface area contributed by atoms with E-state index in [0.717, 1.165) is 9.13 Å². The highest BCUT2D eigenvalue weighted by Gasteiger charge is 2.14. The first-order valence-corrected chi connectivity index (χ1v) is 9.61. The van der Waals surface area contributed by atoms with Gasteiger partial charge >= 0.3 is 0 Å². The summed E-state index contributed by atoms with van der Waals surface area (Å²) >= 11 is 2.12. The highest BCUT2D eigenvalue weighted by atomic mass is 127. The molecule has 0 fully saturated rings. The molecule has 0 aromatic heterocycles. The van der Waals surface area contributed by atoms with Crippen LogP contribution in [0.3, 0.4) is 0 Å². The Morgan fingerprint density at radius 2 is 1.68 bits per heavy atom. The Balaban J connectivity index is 2.14. The zero-order valence-corrected chi connectivity index (χ0v) is 15.2. The predicted molar refractivity (Wildman–Crippen MR) is 94.6 cm³/mol. The van der Waals surface area contributed by atoms with Gasteiger partial charge in [-0.05, 0) is 59.3 Å². The van der Waals surface area contributed by atoms with Gasteiger partial charge in [-0.15, -0.1) is 0 Å². The summed E-state index contributed by atoms with van der Waals surface area (Å²) in [6.45, 7) is 1.86. The molecule has 0 radical (unpaired) electrons. The summed E-state index contributed by atoms with van der Waals surface area (Å²) in [5, 5.41) is 2.92. The number of carbonyl (C=O) groups is 1. The fourth-order valence-corrected chi connectivity index (χ4v) is 3.27. The van der Waals surface area contributed by atoms with Gasteiger partial charge in [-0.3, -0.25) is 4.79 Å². The van der Waals surface area contributed by atoms with Gasteiger partial charge in [0.05, 0.1) is 16.5 Å². The van der Waals surface area contributed by atoms with E-state index in [4.69, 9.17) is 0 Å². The largest absolute Gasteiger partial charge is 0.345 e. The van der Waals surface area contributed by atoms with Crippen molar-refractivity contribution in [1.82, 2.24) is 5.32 Å². The van der Waals surface area contributed by atoms with Crippen molar-refractivity contribution in [2.24, 2.45) is 0 Å². The molecule has 0 aliphatic rings. The molecule has 2 aromatic carbocycles. The molecule has 0 saturated heterocycles. The summed E-state index contributed by atoms with van der Waals surface area (Å²) in [4.78, 5) is 12.5. The van der Waals surface area contributed by atoms with Crippen LogP contribution in [0.15, 0.2) is 53.4 Å². The molecule has 2 aromatic rings. The molecule has 0 bridgehead atoms. The minimum absolute atomic E-state index is 0.148. The molecule has 2 rings (SSSR count). The van der Waals surface area contributed by atoms with E-state index in [-0.39, 0.29) is 16.8 Å². The smallest absolute Gasteiger partial charge is 0.252 e. The second-order valence-electron chi connectivity index (χ2n) is 5.02. The first-order chi connectivity index (χ1) is 10.3. The van der Waals surface area contributed by atoms with Gasteiger partial charge in [0.2, 0.25) is 0 Å². The van der Waals surface area contributed by atoms with Crippen LogP contribution in [0, 0.1) is 3.57 Å². The zero-order chi connectivity index (χ0) is 16.3. The Morgan fingerprint density at radius 1 is 1.09 bits per heavy atom. The summed E-state index contributed by atoms with van der Waals surface area (Å²) in [6, 6.07) is 13.7. The monoisotopic (exact) mass is 429 g/mol. The minimum atomic E-state index is -3.21. The van der Waals surface area contributed by atoms with Crippen molar-refractivity contribution in [3.05, 3.63) is 63.2 Å². The fraction of sp³-hybridized carbons (Fsp3) is 0.188. The van der Waals surface area contributed by atoms with Crippen LogP contribution >= 0.6 is 22.6 Å². The average Bonchev–Trinajstić information content (AvgIpc) is 2.46. The lowest BCUT2D eigenvalue weighted by Crippen LogP contribution is -2.27. The summed E-state index contributed by atoms with van der Waals surface area (Å²) in [7, 11) is -3.21. The van der Waals surface area contributed by atoms with E-state index in [9.17, 15) is 13.2 Å². The lowest BCUT2D eigenvalue weighted by molar-refractivity contribution is 0.0939. The van der Waals surface area contributed by atoms with Crippen molar-refractivity contribution in [3.8, 4) is 0 Å². The minimum Gasteiger partial charge on any atom is -0.345 e. The van der Waals surface area contributed by atoms with Crippen LogP contribution in [0.25, 0.3) is 0 Å². The van der Waals surface area contributed by atoms with Gasteiger partial charge in [0.15, 0.2) is 9.84 Å². The lowest BCUT2D eigenvalue weighted by Gasteiger charge is -2.15. The maximum Gasteiger partial charge on any atom is 0.252 e. The predicted octanol–water partition coefficient (Wildman–Crippen LogP) is 3.19. The molecule has 0 aliphatic heterocycles. The molecular formula is C16H16INO3S. The highest BCUT2D eigenvalue weighted by Crippen LogP contribution is 2.18. The van der Waals surface area contributed by atoms with E-state index in [1.54, 1.807) is 30.3 Å². The maximum absolute atomic E-state index is 12.3. The van der Waals surface area contributed by atoms with E-state index >= 15 is 0 Å². The van der Waals surface area contributed by atoms with Crippen molar-refractivity contribution in [2.45, 2.75) is 17.9 Å². The highest BCUT2D eigenvalue weighted by molar-refractivity contribution is 14.1. The first kappa shape index (κ1) is 17.0. The van der Waals surface area contributed by atoms with Crippen molar-refractivity contribution in [3.63, 3.8) is 0 Å². The molecule has 1 amide bonds. The van der Waals surface area contributed by atoms with Gasteiger partial charge < -0.3 is 5.32 Å². The van der Waals surface area contributed by atoms with Gasteiger partial charge in [-0.1, -0.05) is 24.3 Å². The van der Waals surface area contributed by atoms with Crippen LogP contribution in [-0.4, -0.2) is 20.6 Å². The number of halogens is 1. The summed E-state index contributed by atoms with van der Waals surface area (Å²) < 4.78 is 23.8. The second kappa shape index (κ2) is 6.78. The van der Waals surface area contributed by atoms with Crippen LogP contribution in [-0.2, 0) is 9.84 Å². The van der Waals surface area contributed by atoms with Crippen molar-refractivity contribution in [2.75, 3.05) is 6.26 Å². The SMILES string of the molecule is C[C@H](NC(=O)c1ccccc1I)c1ccc(S(C)(=O)=O)cc1. The van der Waals surface area contributed by atoms with Gasteiger partial charge in [0.1, 0.15) is 0 Å². The number of rotatable bonds is 4. The van der Waals surface area contributed by atoms with Gasteiger partial charge in [0.25, 0.3) is 5.91 Å². The molecule has 0 heterocycles. The third kappa shape index (κ3) is 4.07. The van der Waals surface area contributed by atoms with Crippen molar-refractivity contribution >= 4 is 38.3 Å². The molecule has 0 unspecified atom stereocenters. The number of hydrogen-bond acceptors (Lipinski definition) is 3. The van der Waals surface area contributed by atoms with Gasteiger partial charge in [-0.2, -0.15) is 0 Å². The van der Waals surface area contributed by atoms with Crippen LogP contribution < -0.4 is 5.32 Å². The average molecular weight is 429 g/mol. The molecule has 1 N–H and O–H groups in total. The van der Waals surface area contributed by atoms with Crippen LogP contribution in [0.4, 0.5) is 0 Å². The maximum atomic E-state index is 12.3. The Kier molecular flexibility index (Phi) is 5.23. The molecule has 0 spiro atoms. The molecule has 116 valence electrons. The topological polar surface area (TPSA) is 63.2 Å². The molecule has 0 saturated carbocycles. The number of benzene rings is 2. The normalized spacial score (nSPS) is 12.7. The zero-order valence-electron chi connectivity index (χ0n) is 12.2. The Bertz CT molecular complexity index is 785. The molecular weight excluding hydrogens is 413 g/mol. The Hall–Kier alpha value is -1.41. The van der Waals surface area contributed by atoms with Crippen LogP contribution in [0.5, 0.6) is 0 Å². The number of amides is 1. The molecule has 0 aliphatic carbocycles. The number of hydrogen-bond donors (Lipinski definition) is 1. The van der Waals surface area contributed by atoms with E-state index in [1.165, 1.54) is 6.26 Å². The van der Waals surface area contributed by atoms with Crippen LogP contribution in [0.2, 0.25) is 0 Å². The third-order valence-electron chi connectivity index (χ3n) is 3.27. The summed E-state index contributed by atoms with van der Waals surface area (Å²) in [6.07, 6.45) is 1.17. The van der Waals surface area contributed by atoms with Crippen LogP contribution in [0.1, 0.15) is 28.9 Å². The molecule has 1 atom stereocenters. The molecule has 22 heavy (non-hydrogen) atoms. The number of sulfone groups is 1. The quantitative estimate of drug-likeness (QED) is 0.760. The van der Waals surface area contributed by atoms with E-state index in [0.29, 0.717) is 5.56 Å². The Labute approximate surface area is 144 Å². The van der Waals surface area contributed by atoms with E-state index < -0.39 is 9.84 Å². The van der Waals surface area contributed by atoms with Crippen molar-refractivity contribution < 1.29 is 13.2 Å². The second-order valence-corrected chi connectivity index (χ2v) is 8.19. The number of nitrogens with one attached hydrogen (secondary N) is 1. The Morgan fingerprint density at radius 3 is 2.23 bits per heavy atom. The third-order valence-corrected chi connectivity index (χ3v) is 5.34.